The fourth-order valence-electron chi connectivity index (χ4n) is 1.78. The minimum Gasteiger partial charge on any atom is -0.377 e. The lowest BCUT2D eigenvalue weighted by molar-refractivity contribution is 0.0806. The molecule has 0 aliphatic rings. The lowest BCUT2D eigenvalue weighted by atomic mass is 10.3. The van der Waals surface area contributed by atoms with Gasteiger partial charge in [-0.25, -0.2) is 4.98 Å². The zero-order chi connectivity index (χ0) is 13.7. The Labute approximate surface area is 112 Å². The standard InChI is InChI=1S/C14H19N3O2/c1-11(2)19-8-6-15-10-12-9-14(18)17-7-4-3-5-13(17)16-12/h3-5,7,9,11,15H,6,8,10H2,1-2H3. The number of fused-ring (bicyclic) bond motifs is 1. The summed E-state index contributed by atoms with van der Waals surface area (Å²) in [6, 6.07) is 7.07. The maximum Gasteiger partial charge on any atom is 0.258 e. The second kappa shape index (κ2) is 6.45. The Morgan fingerprint density at radius 1 is 1.42 bits per heavy atom. The molecule has 0 bridgehead atoms. The molecule has 0 aromatic carbocycles. The highest BCUT2D eigenvalue weighted by Gasteiger charge is 2.01. The molecule has 2 rings (SSSR count). The van der Waals surface area contributed by atoms with Gasteiger partial charge in [0.05, 0.1) is 18.4 Å². The number of hydrogen-bond acceptors (Lipinski definition) is 4. The van der Waals surface area contributed by atoms with Crippen LogP contribution in [0.3, 0.4) is 0 Å². The van der Waals surface area contributed by atoms with Crippen LogP contribution in [0.2, 0.25) is 0 Å². The van der Waals surface area contributed by atoms with E-state index in [1.54, 1.807) is 12.3 Å². The van der Waals surface area contributed by atoms with Crippen molar-refractivity contribution >= 4 is 5.65 Å². The highest BCUT2D eigenvalue weighted by Crippen LogP contribution is 1.98. The van der Waals surface area contributed by atoms with E-state index < -0.39 is 0 Å². The predicted octanol–water partition coefficient (Wildman–Crippen LogP) is 1.21. The molecular formula is C14H19N3O2. The van der Waals surface area contributed by atoms with Crippen LogP contribution in [0.15, 0.2) is 35.3 Å². The molecular weight excluding hydrogens is 242 g/mol. The van der Waals surface area contributed by atoms with Gasteiger partial charge in [-0.1, -0.05) is 6.07 Å². The van der Waals surface area contributed by atoms with Crippen LogP contribution in [0.5, 0.6) is 0 Å². The largest absolute Gasteiger partial charge is 0.377 e. The maximum atomic E-state index is 11.8. The van der Waals surface area contributed by atoms with Crippen LogP contribution in [0.25, 0.3) is 5.65 Å². The minimum atomic E-state index is -0.0548. The zero-order valence-electron chi connectivity index (χ0n) is 11.3. The van der Waals surface area contributed by atoms with Crippen LogP contribution in [0, 0.1) is 0 Å². The quantitative estimate of drug-likeness (QED) is 0.794. The first-order valence-corrected chi connectivity index (χ1v) is 6.46. The van der Waals surface area contributed by atoms with Crippen LogP contribution in [0.1, 0.15) is 19.5 Å². The van der Waals surface area contributed by atoms with E-state index in [9.17, 15) is 4.79 Å². The summed E-state index contributed by atoms with van der Waals surface area (Å²) in [7, 11) is 0. The third-order valence-corrected chi connectivity index (χ3v) is 2.66. The number of aromatic nitrogens is 2. The van der Waals surface area contributed by atoms with Gasteiger partial charge in [0.25, 0.3) is 5.56 Å². The molecule has 1 N–H and O–H groups in total. The predicted molar refractivity (Wildman–Crippen MR) is 74.3 cm³/mol. The molecule has 102 valence electrons. The molecule has 5 heteroatoms. The van der Waals surface area contributed by atoms with Gasteiger partial charge in [0.15, 0.2) is 0 Å². The van der Waals surface area contributed by atoms with Crippen molar-refractivity contribution in [3.8, 4) is 0 Å². The molecule has 19 heavy (non-hydrogen) atoms. The molecule has 0 aliphatic carbocycles. The Morgan fingerprint density at radius 3 is 3.05 bits per heavy atom. The van der Waals surface area contributed by atoms with Crippen molar-refractivity contribution in [2.45, 2.75) is 26.5 Å². The van der Waals surface area contributed by atoms with Crippen molar-refractivity contribution < 1.29 is 4.74 Å². The number of pyridine rings is 1. The van der Waals surface area contributed by atoms with Gasteiger partial charge in [0.2, 0.25) is 0 Å². The topological polar surface area (TPSA) is 55.6 Å². The van der Waals surface area contributed by atoms with E-state index in [1.165, 1.54) is 4.40 Å². The van der Waals surface area contributed by atoms with Gasteiger partial charge in [0.1, 0.15) is 5.65 Å². The third-order valence-electron chi connectivity index (χ3n) is 2.66. The Hall–Kier alpha value is -1.72. The molecule has 0 saturated carbocycles. The molecule has 0 amide bonds. The second-order valence-electron chi connectivity index (χ2n) is 4.61. The summed E-state index contributed by atoms with van der Waals surface area (Å²) in [4.78, 5) is 16.3. The fraction of sp³-hybridized carbons (Fsp3) is 0.429. The van der Waals surface area contributed by atoms with Crippen molar-refractivity contribution in [3.05, 3.63) is 46.5 Å². The van der Waals surface area contributed by atoms with Crippen molar-refractivity contribution in [2.75, 3.05) is 13.2 Å². The molecule has 0 unspecified atom stereocenters. The average molecular weight is 261 g/mol. The van der Waals surface area contributed by atoms with Crippen LogP contribution in [0.4, 0.5) is 0 Å². The van der Waals surface area contributed by atoms with E-state index in [2.05, 4.69) is 10.3 Å². The van der Waals surface area contributed by atoms with Crippen LogP contribution in [-0.2, 0) is 11.3 Å². The molecule has 0 spiro atoms. The first kappa shape index (κ1) is 13.7. The van der Waals surface area contributed by atoms with E-state index in [1.807, 2.05) is 32.0 Å². The zero-order valence-corrected chi connectivity index (χ0v) is 11.3. The van der Waals surface area contributed by atoms with E-state index in [0.717, 1.165) is 12.2 Å². The normalized spacial score (nSPS) is 11.3. The van der Waals surface area contributed by atoms with Gasteiger partial charge < -0.3 is 10.1 Å². The van der Waals surface area contributed by atoms with Crippen molar-refractivity contribution in [3.63, 3.8) is 0 Å². The van der Waals surface area contributed by atoms with Gasteiger partial charge in [0, 0.05) is 25.4 Å². The first-order valence-electron chi connectivity index (χ1n) is 6.46. The molecule has 0 saturated heterocycles. The SMILES string of the molecule is CC(C)OCCNCc1cc(=O)n2ccccc2n1. The number of ether oxygens (including phenoxy) is 1. The number of rotatable bonds is 6. The van der Waals surface area contributed by atoms with Gasteiger partial charge in [-0.15, -0.1) is 0 Å². The fourth-order valence-corrected chi connectivity index (χ4v) is 1.78. The van der Waals surface area contributed by atoms with Gasteiger partial charge in [-0.2, -0.15) is 0 Å². The molecule has 0 fully saturated rings. The van der Waals surface area contributed by atoms with E-state index in [4.69, 9.17) is 4.74 Å². The van der Waals surface area contributed by atoms with Crippen LogP contribution >= 0.6 is 0 Å². The van der Waals surface area contributed by atoms with E-state index in [0.29, 0.717) is 18.8 Å². The number of nitrogens with zero attached hydrogens (tertiary/aromatic N) is 2. The summed E-state index contributed by atoms with van der Waals surface area (Å²) in [5, 5.41) is 3.21. The highest BCUT2D eigenvalue weighted by molar-refractivity contribution is 5.37. The number of hydrogen-bond donors (Lipinski definition) is 1. The monoisotopic (exact) mass is 261 g/mol. The summed E-state index contributed by atoms with van der Waals surface area (Å²) in [6.07, 6.45) is 1.96. The van der Waals surface area contributed by atoms with Crippen molar-refractivity contribution in [1.29, 1.82) is 0 Å². The summed E-state index contributed by atoms with van der Waals surface area (Å²) in [5.74, 6) is 0. The molecule has 0 atom stereocenters. The summed E-state index contributed by atoms with van der Waals surface area (Å²) in [6.45, 7) is 5.98. The number of nitrogens with one attached hydrogen (secondary N) is 1. The maximum absolute atomic E-state index is 11.8. The summed E-state index contributed by atoms with van der Waals surface area (Å²) >= 11 is 0. The van der Waals surface area contributed by atoms with Gasteiger partial charge in [-0.05, 0) is 26.0 Å². The Kier molecular flexibility index (Phi) is 4.65. The van der Waals surface area contributed by atoms with Crippen LogP contribution < -0.4 is 10.9 Å². The van der Waals surface area contributed by atoms with Gasteiger partial charge in [-0.3, -0.25) is 9.20 Å². The van der Waals surface area contributed by atoms with Crippen LogP contribution in [-0.4, -0.2) is 28.6 Å². The summed E-state index contributed by atoms with van der Waals surface area (Å²) in [5.41, 5.74) is 1.37. The van der Waals surface area contributed by atoms with Crippen molar-refractivity contribution in [2.24, 2.45) is 0 Å². The first-order chi connectivity index (χ1) is 9.16. The lowest BCUT2D eigenvalue weighted by Crippen LogP contribution is -2.23. The molecule has 0 radical (unpaired) electrons. The van der Waals surface area contributed by atoms with E-state index >= 15 is 0 Å². The highest BCUT2D eigenvalue weighted by atomic mass is 16.5. The third kappa shape index (κ3) is 3.87. The molecule has 2 heterocycles. The molecule has 5 nitrogen and oxygen atoms in total. The summed E-state index contributed by atoms with van der Waals surface area (Å²) < 4.78 is 6.96. The molecule has 2 aromatic heterocycles. The minimum absolute atomic E-state index is 0.0548. The lowest BCUT2D eigenvalue weighted by Gasteiger charge is -2.08. The van der Waals surface area contributed by atoms with E-state index in [-0.39, 0.29) is 11.7 Å². The van der Waals surface area contributed by atoms with Crippen molar-refractivity contribution in [1.82, 2.24) is 14.7 Å². The van der Waals surface area contributed by atoms with Gasteiger partial charge >= 0.3 is 0 Å². The Morgan fingerprint density at radius 2 is 2.26 bits per heavy atom. The average Bonchev–Trinajstić information content (AvgIpc) is 2.38. The second-order valence-corrected chi connectivity index (χ2v) is 4.61. The Bertz CT molecular complexity index is 593. The molecule has 2 aromatic rings. The Balaban J connectivity index is 1.96. The smallest absolute Gasteiger partial charge is 0.258 e. The molecule has 0 aliphatic heterocycles.